The van der Waals surface area contributed by atoms with Gasteiger partial charge in [-0.25, -0.2) is 9.79 Å². The first kappa shape index (κ1) is 29.3. The Morgan fingerprint density at radius 1 is 1.19 bits per heavy atom. The molecule has 0 N–H and O–H groups in total. The molecule has 0 spiro atoms. The van der Waals surface area contributed by atoms with E-state index < -0.39 is 16.9 Å². The average molecular weight is 602 g/mol. The van der Waals surface area contributed by atoms with Crippen molar-refractivity contribution in [2.75, 3.05) is 20.3 Å². The van der Waals surface area contributed by atoms with E-state index in [1.54, 1.807) is 74.5 Å². The third-order valence-corrected chi connectivity index (χ3v) is 7.63. The van der Waals surface area contributed by atoms with Gasteiger partial charge in [0.05, 0.1) is 52.1 Å². The van der Waals surface area contributed by atoms with Crippen molar-refractivity contribution in [2.45, 2.75) is 19.9 Å². The summed E-state index contributed by atoms with van der Waals surface area (Å²) in [6.07, 6.45) is 3.19. The third kappa shape index (κ3) is 5.77. The lowest BCUT2D eigenvalue weighted by molar-refractivity contribution is -0.384. The summed E-state index contributed by atoms with van der Waals surface area (Å²) < 4.78 is 23.7. The molecule has 1 aliphatic heterocycles. The van der Waals surface area contributed by atoms with E-state index in [9.17, 15) is 19.7 Å². The Labute approximate surface area is 249 Å². The number of fused-ring (bicyclic) bond motifs is 1. The van der Waals surface area contributed by atoms with Crippen LogP contribution in [0.25, 0.3) is 17.4 Å². The lowest BCUT2D eigenvalue weighted by Gasteiger charge is -2.24. The summed E-state index contributed by atoms with van der Waals surface area (Å²) in [7, 11) is 1.43. The number of nitrogens with zero attached hydrogens (tertiary/aromatic N) is 3. The molecule has 43 heavy (non-hydrogen) atoms. The van der Waals surface area contributed by atoms with Crippen molar-refractivity contribution in [3.63, 3.8) is 0 Å². The van der Waals surface area contributed by atoms with E-state index in [0.717, 1.165) is 11.3 Å². The number of carbonyl (C=O) groups is 1. The number of hydrogen-bond donors (Lipinski definition) is 0. The standard InChI is InChI=1S/C31H27N3O8S/c1-5-15-41-20-9-7-19(8-10-20)28-27(30(36)40-6-2)18(3)32-31-33(28)29(35)26(43-31)17-22-12-14-25(42-22)23-13-11-21(39-4)16-24(23)34(37)38/h5,7-14,16-17,28H,1,6,15H2,2-4H3/b26-17-/t28-/m0/s1. The van der Waals surface area contributed by atoms with E-state index in [-0.39, 0.29) is 34.8 Å². The first-order valence-corrected chi connectivity index (χ1v) is 14.0. The largest absolute Gasteiger partial charge is 0.497 e. The van der Waals surface area contributed by atoms with E-state index in [2.05, 4.69) is 11.6 Å². The third-order valence-electron chi connectivity index (χ3n) is 6.65. The van der Waals surface area contributed by atoms with Crippen LogP contribution in [0.4, 0.5) is 5.69 Å². The normalized spacial score (nSPS) is 14.6. The second-order valence-corrected chi connectivity index (χ2v) is 10.3. The molecule has 0 fully saturated rings. The predicted molar refractivity (Wildman–Crippen MR) is 160 cm³/mol. The molecular formula is C31H27N3O8S. The average Bonchev–Trinajstić information content (AvgIpc) is 3.59. The maximum Gasteiger partial charge on any atom is 0.338 e. The number of thiazole rings is 1. The topological polar surface area (TPSA) is 135 Å². The van der Waals surface area contributed by atoms with Crippen molar-refractivity contribution >= 4 is 29.1 Å². The highest BCUT2D eigenvalue weighted by Gasteiger charge is 2.33. The zero-order valence-corrected chi connectivity index (χ0v) is 24.4. The smallest absolute Gasteiger partial charge is 0.338 e. The lowest BCUT2D eigenvalue weighted by Crippen LogP contribution is -2.39. The second kappa shape index (κ2) is 12.3. The first-order valence-electron chi connectivity index (χ1n) is 13.2. The minimum absolute atomic E-state index is 0.161. The molecule has 4 aromatic rings. The van der Waals surface area contributed by atoms with Crippen molar-refractivity contribution in [1.29, 1.82) is 0 Å². The lowest BCUT2D eigenvalue weighted by atomic mass is 9.96. The van der Waals surface area contributed by atoms with Gasteiger partial charge in [0.2, 0.25) is 0 Å². The SMILES string of the molecule is C=CCOc1ccc([C@H]2C(C(=O)OCC)=C(C)N=c3s/c(=C\c4ccc(-c5ccc(OC)cc5[N+](=O)[O-])o4)c(=O)n32)cc1. The maximum absolute atomic E-state index is 13.9. The molecule has 2 aromatic heterocycles. The Morgan fingerprint density at radius 3 is 2.60 bits per heavy atom. The van der Waals surface area contributed by atoms with Gasteiger partial charge >= 0.3 is 5.97 Å². The Bertz CT molecular complexity index is 1930. The number of nitro benzene ring substituents is 1. The monoisotopic (exact) mass is 601 g/mol. The second-order valence-electron chi connectivity index (χ2n) is 9.31. The van der Waals surface area contributed by atoms with E-state index in [0.29, 0.717) is 44.5 Å². The summed E-state index contributed by atoms with van der Waals surface area (Å²) in [4.78, 5) is 43.1. The number of methoxy groups -OCH3 is 1. The van der Waals surface area contributed by atoms with E-state index in [1.165, 1.54) is 17.7 Å². The summed E-state index contributed by atoms with van der Waals surface area (Å²) in [6.45, 7) is 7.57. The molecule has 12 heteroatoms. The fourth-order valence-corrected chi connectivity index (χ4v) is 5.74. The summed E-state index contributed by atoms with van der Waals surface area (Å²) in [5.41, 5.74) is 1.07. The van der Waals surface area contributed by atoms with Gasteiger partial charge in [-0.2, -0.15) is 0 Å². The summed E-state index contributed by atoms with van der Waals surface area (Å²) in [5.74, 6) is 0.957. The highest BCUT2D eigenvalue weighted by molar-refractivity contribution is 7.07. The fraction of sp³-hybridized carbons (Fsp3) is 0.194. The van der Waals surface area contributed by atoms with E-state index in [4.69, 9.17) is 18.6 Å². The molecule has 5 rings (SSSR count). The molecular weight excluding hydrogens is 574 g/mol. The summed E-state index contributed by atoms with van der Waals surface area (Å²) in [6, 6.07) is 14.0. The highest BCUT2D eigenvalue weighted by atomic mass is 32.1. The van der Waals surface area contributed by atoms with Crippen LogP contribution in [-0.4, -0.2) is 35.8 Å². The summed E-state index contributed by atoms with van der Waals surface area (Å²) in [5, 5.41) is 11.7. The predicted octanol–water partition coefficient (Wildman–Crippen LogP) is 4.54. The van der Waals surface area contributed by atoms with Crippen molar-refractivity contribution in [2.24, 2.45) is 4.99 Å². The van der Waals surface area contributed by atoms with Gasteiger partial charge in [0, 0.05) is 6.08 Å². The fourth-order valence-electron chi connectivity index (χ4n) is 4.71. The van der Waals surface area contributed by atoms with Gasteiger partial charge in [-0.1, -0.05) is 36.1 Å². The zero-order chi connectivity index (χ0) is 30.7. The van der Waals surface area contributed by atoms with Crippen LogP contribution in [0.2, 0.25) is 0 Å². The molecule has 0 amide bonds. The minimum Gasteiger partial charge on any atom is -0.497 e. The van der Waals surface area contributed by atoms with E-state index >= 15 is 0 Å². The number of allylic oxidation sites excluding steroid dienone is 1. The molecule has 0 bridgehead atoms. The van der Waals surface area contributed by atoms with Crippen LogP contribution in [0, 0.1) is 10.1 Å². The molecule has 0 aliphatic carbocycles. The van der Waals surface area contributed by atoms with Gasteiger partial charge < -0.3 is 18.6 Å². The Kier molecular flexibility index (Phi) is 8.39. The van der Waals surface area contributed by atoms with Crippen LogP contribution in [0.3, 0.4) is 0 Å². The number of furan rings is 1. The number of esters is 1. The van der Waals surface area contributed by atoms with Crippen LogP contribution in [0.1, 0.15) is 31.2 Å². The maximum atomic E-state index is 13.9. The molecule has 0 saturated heterocycles. The quantitative estimate of drug-likeness (QED) is 0.112. The number of benzene rings is 2. The molecule has 0 radical (unpaired) electrons. The van der Waals surface area contributed by atoms with E-state index in [1.807, 2.05) is 0 Å². The number of rotatable bonds is 10. The number of nitro groups is 1. The van der Waals surface area contributed by atoms with Crippen LogP contribution in [0.5, 0.6) is 11.5 Å². The highest BCUT2D eigenvalue weighted by Crippen LogP contribution is 2.35. The van der Waals surface area contributed by atoms with Gasteiger partial charge in [0.25, 0.3) is 11.2 Å². The number of ether oxygens (including phenoxy) is 3. The minimum atomic E-state index is -0.792. The Balaban J connectivity index is 1.60. The van der Waals surface area contributed by atoms with Crippen LogP contribution in [0.15, 0.2) is 92.7 Å². The Hall–Kier alpha value is -5.23. The van der Waals surface area contributed by atoms with Gasteiger partial charge in [0.1, 0.15) is 29.6 Å². The molecule has 2 aromatic carbocycles. The molecule has 1 atom stereocenters. The molecule has 3 heterocycles. The zero-order valence-electron chi connectivity index (χ0n) is 23.6. The first-order chi connectivity index (χ1) is 20.7. The molecule has 0 unspecified atom stereocenters. The molecule has 0 saturated carbocycles. The van der Waals surface area contributed by atoms with Gasteiger partial charge in [-0.05, 0) is 55.8 Å². The van der Waals surface area contributed by atoms with Crippen LogP contribution in [-0.2, 0) is 9.53 Å². The Morgan fingerprint density at radius 2 is 1.93 bits per heavy atom. The van der Waals surface area contributed by atoms with Gasteiger partial charge in [0.15, 0.2) is 4.80 Å². The number of aromatic nitrogens is 1. The molecule has 11 nitrogen and oxygen atoms in total. The van der Waals surface area contributed by atoms with Crippen LogP contribution >= 0.6 is 11.3 Å². The number of carbonyl (C=O) groups excluding carboxylic acids is 1. The molecule has 220 valence electrons. The van der Waals surface area contributed by atoms with Crippen molar-refractivity contribution in [3.05, 3.63) is 120 Å². The summed E-state index contributed by atoms with van der Waals surface area (Å²) >= 11 is 1.14. The van der Waals surface area contributed by atoms with Gasteiger partial charge in [-0.15, -0.1) is 0 Å². The van der Waals surface area contributed by atoms with Gasteiger partial charge in [-0.3, -0.25) is 19.5 Å². The van der Waals surface area contributed by atoms with Crippen molar-refractivity contribution in [3.8, 4) is 22.8 Å². The number of hydrogen-bond acceptors (Lipinski definition) is 10. The molecule has 1 aliphatic rings. The van der Waals surface area contributed by atoms with Crippen LogP contribution < -0.4 is 24.4 Å². The van der Waals surface area contributed by atoms with Crippen molar-refractivity contribution in [1.82, 2.24) is 4.57 Å². The van der Waals surface area contributed by atoms with Crippen molar-refractivity contribution < 1.29 is 28.3 Å².